The molecule has 0 unspecified atom stereocenters. The van der Waals surface area contributed by atoms with E-state index in [0.717, 1.165) is 0 Å². The van der Waals surface area contributed by atoms with Crippen molar-refractivity contribution in [3.05, 3.63) is 91.8 Å². The van der Waals surface area contributed by atoms with Gasteiger partial charge < -0.3 is 20.1 Å². The lowest BCUT2D eigenvalue weighted by Gasteiger charge is -2.44. The number of carbonyl (C=O) groups excluding carboxylic acids is 1. The summed E-state index contributed by atoms with van der Waals surface area (Å²) in [5.41, 5.74) is -1.69. The smallest absolute Gasteiger partial charge is 0.315 e. The second-order valence-electron chi connectivity index (χ2n) is 7.65. The van der Waals surface area contributed by atoms with Crippen LogP contribution in [0.4, 0.5) is 11.5 Å². The van der Waals surface area contributed by atoms with Gasteiger partial charge in [0.25, 0.3) is 11.2 Å². The fourth-order valence-electron chi connectivity index (χ4n) is 4.25. The molecule has 176 valence electrons. The Balaban J connectivity index is 2.02. The van der Waals surface area contributed by atoms with Gasteiger partial charge in [-0.1, -0.05) is 54.2 Å². The van der Waals surface area contributed by atoms with Crippen LogP contribution in [0.3, 0.4) is 0 Å². The van der Waals surface area contributed by atoms with Crippen molar-refractivity contribution in [1.29, 1.82) is 0 Å². The Morgan fingerprint density at radius 2 is 1.91 bits per heavy atom. The number of aliphatic hydroxyl groups is 1. The monoisotopic (exact) mass is 482 g/mol. The van der Waals surface area contributed by atoms with Gasteiger partial charge in [0.15, 0.2) is 10.9 Å². The normalized spacial score (nSPS) is 21.3. The molecule has 0 saturated heterocycles. The van der Waals surface area contributed by atoms with Crippen LogP contribution in [0.5, 0.6) is 0 Å². The van der Waals surface area contributed by atoms with Crippen LogP contribution in [0.2, 0.25) is 0 Å². The highest BCUT2D eigenvalue weighted by Crippen LogP contribution is 2.49. The molecule has 0 radical (unpaired) electrons. The molecular formula is C23H22N4O6S. The van der Waals surface area contributed by atoms with Crippen molar-refractivity contribution in [3.63, 3.8) is 0 Å². The van der Waals surface area contributed by atoms with Crippen molar-refractivity contribution in [2.24, 2.45) is 5.92 Å². The zero-order valence-electron chi connectivity index (χ0n) is 18.3. The van der Waals surface area contributed by atoms with E-state index in [-0.39, 0.29) is 23.7 Å². The van der Waals surface area contributed by atoms with Gasteiger partial charge in [0.1, 0.15) is 11.7 Å². The number of nitro benzene ring substituents is 1. The van der Waals surface area contributed by atoms with Gasteiger partial charge >= 0.3 is 5.97 Å². The molecular weight excluding hydrogens is 460 g/mol. The van der Waals surface area contributed by atoms with Gasteiger partial charge in [-0.3, -0.25) is 19.7 Å². The van der Waals surface area contributed by atoms with E-state index in [1.165, 1.54) is 36.0 Å². The molecule has 1 aliphatic rings. The molecule has 0 saturated carbocycles. The van der Waals surface area contributed by atoms with Gasteiger partial charge in [-0.2, -0.15) is 0 Å². The number of nitro groups is 1. The maximum absolute atomic E-state index is 13.3. The Hall–Kier alpha value is -3.70. The maximum Gasteiger partial charge on any atom is 0.315 e. The number of aromatic nitrogens is 2. The number of esters is 1. The first-order valence-electron chi connectivity index (χ1n) is 10.5. The Morgan fingerprint density at radius 3 is 2.50 bits per heavy atom. The van der Waals surface area contributed by atoms with E-state index in [9.17, 15) is 24.8 Å². The summed E-state index contributed by atoms with van der Waals surface area (Å²) in [7, 11) is 0. The molecule has 11 heteroatoms. The molecule has 4 rings (SSSR count). The van der Waals surface area contributed by atoms with Crippen LogP contribution in [-0.4, -0.2) is 38.8 Å². The second kappa shape index (κ2) is 9.27. The van der Waals surface area contributed by atoms with Gasteiger partial charge in [0.2, 0.25) is 0 Å². The lowest BCUT2D eigenvalue weighted by molar-refractivity contribution is -0.384. The van der Waals surface area contributed by atoms with E-state index in [0.29, 0.717) is 16.3 Å². The maximum atomic E-state index is 13.3. The number of ether oxygens (including phenoxy) is 1. The molecule has 0 amide bonds. The largest absolute Gasteiger partial charge is 0.466 e. The number of non-ortho nitro benzene ring substituents is 1. The number of fused-ring (bicyclic) bond motifs is 1. The lowest BCUT2D eigenvalue weighted by Crippen LogP contribution is -2.54. The number of benzene rings is 2. The Labute approximate surface area is 198 Å². The average Bonchev–Trinajstić information content (AvgIpc) is 2.83. The number of H-pyrrole nitrogens is 1. The predicted molar refractivity (Wildman–Crippen MR) is 126 cm³/mol. The highest BCUT2D eigenvalue weighted by Gasteiger charge is 2.54. The summed E-state index contributed by atoms with van der Waals surface area (Å²) in [6, 6.07) is 14.0. The highest BCUT2D eigenvalue weighted by molar-refractivity contribution is 7.98. The summed E-state index contributed by atoms with van der Waals surface area (Å²) in [4.78, 5) is 44.3. The number of carbonyl (C=O) groups is 1. The van der Waals surface area contributed by atoms with Crippen LogP contribution in [0, 0.1) is 16.0 Å². The van der Waals surface area contributed by atoms with E-state index in [1.807, 2.05) is 0 Å². The van der Waals surface area contributed by atoms with Crippen LogP contribution in [0.15, 0.2) is 64.5 Å². The summed E-state index contributed by atoms with van der Waals surface area (Å²) in [5.74, 6) is -2.92. The summed E-state index contributed by atoms with van der Waals surface area (Å²) >= 11 is 1.21. The van der Waals surface area contributed by atoms with E-state index >= 15 is 0 Å². The summed E-state index contributed by atoms with van der Waals surface area (Å²) in [6.45, 7) is 1.70. The van der Waals surface area contributed by atoms with E-state index in [1.54, 1.807) is 43.5 Å². The average molecular weight is 483 g/mol. The Kier molecular flexibility index (Phi) is 6.40. The molecule has 3 aromatic rings. The molecule has 0 bridgehead atoms. The molecule has 0 aliphatic carbocycles. The van der Waals surface area contributed by atoms with Gasteiger partial charge in [0, 0.05) is 23.6 Å². The molecule has 1 aliphatic heterocycles. The third-order valence-corrected chi connectivity index (χ3v) is 6.33. The Bertz CT molecular complexity index is 1280. The molecule has 1 aromatic heterocycles. The van der Waals surface area contributed by atoms with Gasteiger partial charge in [0.05, 0.1) is 17.1 Å². The molecule has 0 spiro atoms. The van der Waals surface area contributed by atoms with Crippen molar-refractivity contribution < 1.29 is 19.6 Å². The first-order chi connectivity index (χ1) is 16.3. The van der Waals surface area contributed by atoms with Crippen LogP contribution in [-0.2, 0) is 15.3 Å². The van der Waals surface area contributed by atoms with Crippen LogP contribution in [0.1, 0.15) is 29.5 Å². The highest BCUT2D eigenvalue weighted by atomic mass is 32.2. The number of rotatable bonds is 6. The fraction of sp³-hybridized carbons (Fsp3) is 0.261. The third-order valence-electron chi connectivity index (χ3n) is 5.75. The zero-order chi connectivity index (χ0) is 24.5. The van der Waals surface area contributed by atoms with Gasteiger partial charge in [-0.15, -0.1) is 0 Å². The molecule has 2 heterocycles. The lowest BCUT2D eigenvalue weighted by atomic mass is 9.71. The molecule has 0 fully saturated rings. The topological polar surface area (TPSA) is 147 Å². The molecule has 10 nitrogen and oxygen atoms in total. The van der Waals surface area contributed by atoms with Crippen molar-refractivity contribution in [2.75, 3.05) is 18.2 Å². The number of thioether (sulfide) groups is 1. The zero-order valence-corrected chi connectivity index (χ0v) is 19.2. The van der Waals surface area contributed by atoms with Crippen molar-refractivity contribution in [3.8, 4) is 0 Å². The second-order valence-corrected chi connectivity index (χ2v) is 8.45. The standard InChI is InChI=1S/C23H22N4O6S/c1-3-33-21(29)18-16(13-9-11-15(12-10-13)27(31)32)17-19(24-22(34-2)25-20(17)28)26-23(18,30)14-7-5-4-6-8-14/h4-12,16,18,30H,3H2,1-2H3,(H2,24,25,26,28)/t16-,18-,23+/m0/s1. The molecule has 34 heavy (non-hydrogen) atoms. The van der Waals surface area contributed by atoms with Crippen LogP contribution >= 0.6 is 11.8 Å². The van der Waals surface area contributed by atoms with E-state index in [4.69, 9.17) is 4.74 Å². The molecule has 3 N–H and O–H groups in total. The van der Waals surface area contributed by atoms with Crippen molar-refractivity contribution >= 4 is 29.2 Å². The predicted octanol–water partition coefficient (Wildman–Crippen LogP) is 2.98. The first-order valence-corrected chi connectivity index (χ1v) is 11.7. The quantitative estimate of drug-likeness (QED) is 0.159. The van der Waals surface area contributed by atoms with Gasteiger partial charge in [-0.05, 0) is 18.7 Å². The summed E-state index contributed by atoms with van der Waals surface area (Å²) in [6.07, 6.45) is 1.74. The summed E-state index contributed by atoms with van der Waals surface area (Å²) < 4.78 is 5.33. The number of nitrogens with one attached hydrogen (secondary N) is 2. The van der Waals surface area contributed by atoms with E-state index in [2.05, 4.69) is 15.3 Å². The number of anilines is 1. The Morgan fingerprint density at radius 1 is 1.24 bits per heavy atom. The van der Waals surface area contributed by atoms with Crippen LogP contribution < -0.4 is 10.9 Å². The molecule has 2 aromatic carbocycles. The number of hydrogen-bond acceptors (Lipinski definition) is 9. The minimum absolute atomic E-state index is 0.0556. The van der Waals surface area contributed by atoms with Crippen LogP contribution in [0.25, 0.3) is 0 Å². The minimum atomic E-state index is -1.98. The first kappa shape index (κ1) is 23.5. The third kappa shape index (κ3) is 4.03. The molecule has 3 atom stereocenters. The fourth-order valence-corrected chi connectivity index (χ4v) is 4.63. The van der Waals surface area contributed by atoms with Gasteiger partial charge in [-0.25, -0.2) is 4.98 Å². The SMILES string of the molecule is CCOC(=O)[C@@H]1[C@@H](c2ccc([N+](=O)[O-])cc2)c2c(nc(SC)[nH]c2=O)N[C@@]1(O)c1ccccc1. The number of aromatic amines is 1. The minimum Gasteiger partial charge on any atom is -0.466 e. The van der Waals surface area contributed by atoms with Crippen molar-refractivity contribution in [2.45, 2.75) is 23.7 Å². The summed E-state index contributed by atoms with van der Waals surface area (Å²) in [5, 5.41) is 26.4. The van der Waals surface area contributed by atoms with E-state index < -0.39 is 34.0 Å². The number of nitrogens with zero attached hydrogens (tertiary/aromatic N) is 2. The van der Waals surface area contributed by atoms with Crippen molar-refractivity contribution in [1.82, 2.24) is 9.97 Å². The number of hydrogen-bond donors (Lipinski definition) is 3.